The average molecular weight is 286 g/mol. The van der Waals surface area contributed by atoms with Crippen LogP contribution in [-0.2, 0) is 0 Å². The first kappa shape index (κ1) is 16.0. The molecule has 1 aromatic heterocycles. The van der Waals surface area contributed by atoms with Gasteiger partial charge in [-0.1, -0.05) is 20.8 Å². The Kier molecular flexibility index (Phi) is 5.35. The number of anilines is 2. The molecular weight excluding hydrogens is 262 g/mol. The van der Waals surface area contributed by atoms with Crippen molar-refractivity contribution in [3.63, 3.8) is 0 Å². The van der Waals surface area contributed by atoms with Crippen molar-refractivity contribution in [2.75, 3.05) is 36.5 Å². The van der Waals surface area contributed by atoms with E-state index in [0.717, 1.165) is 19.6 Å². The van der Waals surface area contributed by atoms with Crippen molar-refractivity contribution in [3.05, 3.63) is 5.28 Å². The highest BCUT2D eigenvalue weighted by atomic mass is 35.5. The molecule has 0 atom stereocenters. The molecule has 0 aliphatic carbocycles. The van der Waals surface area contributed by atoms with Crippen LogP contribution >= 0.6 is 11.6 Å². The smallest absolute Gasteiger partial charge is 0.231 e. The Balaban J connectivity index is 3.02. The minimum absolute atomic E-state index is 0.170. The predicted octanol–water partition coefficient (Wildman–Crippen LogP) is 2.85. The van der Waals surface area contributed by atoms with E-state index in [9.17, 15) is 0 Å². The second kappa shape index (κ2) is 6.37. The van der Waals surface area contributed by atoms with Gasteiger partial charge in [0.2, 0.25) is 17.2 Å². The van der Waals surface area contributed by atoms with Gasteiger partial charge in [0.25, 0.3) is 0 Å². The number of halogens is 1. The Bertz CT molecular complexity index is 412. The highest BCUT2D eigenvalue weighted by Gasteiger charge is 2.18. The minimum atomic E-state index is 0.170. The summed E-state index contributed by atoms with van der Waals surface area (Å²) < 4.78 is 0. The summed E-state index contributed by atoms with van der Waals surface area (Å²) in [6, 6.07) is 0. The lowest BCUT2D eigenvalue weighted by Crippen LogP contribution is -2.32. The summed E-state index contributed by atoms with van der Waals surface area (Å²) in [5.74, 6) is 1.26. The average Bonchev–Trinajstić information content (AvgIpc) is 2.27. The van der Waals surface area contributed by atoms with Crippen molar-refractivity contribution in [1.29, 1.82) is 0 Å². The van der Waals surface area contributed by atoms with Crippen LogP contribution in [0.2, 0.25) is 5.28 Å². The first-order valence-electron chi connectivity index (χ1n) is 6.64. The van der Waals surface area contributed by atoms with E-state index < -0.39 is 0 Å². The molecule has 0 fully saturated rings. The summed E-state index contributed by atoms with van der Waals surface area (Å²) in [4.78, 5) is 17.0. The molecule has 1 aromatic rings. The van der Waals surface area contributed by atoms with Crippen LogP contribution in [0.4, 0.5) is 11.9 Å². The van der Waals surface area contributed by atoms with Crippen LogP contribution in [-0.4, -0.2) is 41.6 Å². The molecule has 0 saturated heterocycles. The van der Waals surface area contributed by atoms with Gasteiger partial charge in [0.1, 0.15) is 0 Å². The van der Waals surface area contributed by atoms with Crippen molar-refractivity contribution in [3.8, 4) is 0 Å². The van der Waals surface area contributed by atoms with Crippen LogP contribution in [0.3, 0.4) is 0 Å². The third kappa shape index (κ3) is 4.82. The highest BCUT2D eigenvalue weighted by Crippen LogP contribution is 2.20. The van der Waals surface area contributed by atoms with Gasteiger partial charge in [0.15, 0.2) is 0 Å². The molecule has 0 spiro atoms. The van der Waals surface area contributed by atoms with Crippen molar-refractivity contribution in [2.24, 2.45) is 5.41 Å². The normalized spacial score (nSPS) is 11.5. The van der Waals surface area contributed by atoms with Crippen LogP contribution in [0.15, 0.2) is 0 Å². The molecular formula is C13H24ClN5. The van der Waals surface area contributed by atoms with Gasteiger partial charge in [-0.15, -0.1) is 0 Å². The summed E-state index contributed by atoms with van der Waals surface area (Å²) in [7, 11) is 1.98. The zero-order valence-electron chi connectivity index (χ0n) is 12.7. The van der Waals surface area contributed by atoms with Gasteiger partial charge >= 0.3 is 0 Å². The number of hydrogen-bond donors (Lipinski definition) is 0. The molecule has 0 N–H and O–H groups in total. The van der Waals surface area contributed by atoms with Crippen molar-refractivity contribution < 1.29 is 0 Å². The van der Waals surface area contributed by atoms with E-state index >= 15 is 0 Å². The summed E-state index contributed by atoms with van der Waals surface area (Å²) in [5, 5.41) is 0.243. The van der Waals surface area contributed by atoms with Crippen LogP contribution < -0.4 is 9.80 Å². The van der Waals surface area contributed by atoms with Gasteiger partial charge in [-0.2, -0.15) is 15.0 Å². The Morgan fingerprint density at radius 2 is 1.53 bits per heavy atom. The van der Waals surface area contributed by atoms with Gasteiger partial charge < -0.3 is 9.80 Å². The third-order valence-corrected chi connectivity index (χ3v) is 2.85. The van der Waals surface area contributed by atoms with Crippen molar-refractivity contribution in [2.45, 2.75) is 34.6 Å². The third-order valence-electron chi connectivity index (χ3n) is 2.68. The summed E-state index contributed by atoms with van der Waals surface area (Å²) in [6.07, 6.45) is 0. The fraction of sp³-hybridized carbons (Fsp3) is 0.769. The number of aromatic nitrogens is 3. The lowest BCUT2D eigenvalue weighted by Gasteiger charge is -2.27. The molecule has 0 bridgehead atoms. The second-order valence-corrected chi connectivity index (χ2v) is 6.13. The zero-order valence-corrected chi connectivity index (χ0v) is 13.5. The molecule has 0 saturated carbocycles. The van der Waals surface area contributed by atoms with E-state index in [0.29, 0.717) is 11.9 Å². The van der Waals surface area contributed by atoms with E-state index in [4.69, 9.17) is 11.6 Å². The van der Waals surface area contributed by atoms with Crippen LogP contribution in [0.25, 0.3) is 0 Å². The highest BCUT2D eigenvalue weighted by molar-refractivity contribution is 6.28. The Labute approximate surface area is 121 Å². The summed E-state index contributed by atoms with van der Waals surface area (Å²) in [6.45, 7) is 13.2. The zero-order chi connectivity index (χ0) is 14.6. The molecule has 0 amide bonds. The Morgan fingerprint density at radius 1 is 1.00 bits per heavy atom. The van der Waals surface area contributed by atoms with E-state index in [1.165, 1.54) is 0 Å². The largest absolute Gasteiger partial charge is 0.343 e. The molecule has 0 unspecified atom stereocenters. The van der Waals surface area contributed by atoms with E-state index in [1.807, 2.05) is 11.9 Å². The van der Waals surface area contributed by atoms with Crippen LogP contribution in [0.1, 0.15) is 34.6 Å². The molecule has 1 rings (SSSR count). The standard InChI is InChI=1S/C13H24ClN5/c1-7-19(8-2)12-16-10(14)15-11(17-12)18(6)9-13(3,4)5/h7-9H2,1-6H3. The molecule has 108 valence electrons. The Morgan fingerprint density at radius 3 is 2.00 bits per heavy atom. The molecule has 6 heteroatoms. The summed E-state index contributed by atoms with van der Waals surface area (Å²) >= 11 is 6.01. The second-order valence-electron chi connectivity index (χ2n) is 5.79. The van der Waals surface area contributed by atoms with Gasteiger partial charge in [-0.25, -0.2) is 0 Å². The Hall–Kier alpha value is -1.10. The fourth-order valence-electron chi connectivity index (χ4n) is 1.93. The maximum atomic E-state index is 6.01. The fourth-order valence-corrected chi connectivity index (χ4v) is 2.08. The van der Waals surface area contributed by atoms with Gasteiger partial charge in [0.05, 0.1) is 0 Å². The van der Waals surface area contributed by atoms with Gasteiger partial charge in [-0.05, 0) is 30.9 Å². The maximum absolute atomic E-state index is 6.01. The quantitative estimate of drug-likeness (QED) is 0.832. The monoisotopic (exact) mass is 285 g/mol. The summed E-state index contributed by atoms with van der Waals surface area (Å²) in [5.41, 5.74) is 0.170. The predicted molar refractivity (Wildman–Crippen MR) is 81.1 cm³/mol. The van der Waals surface area contributed by atoms with Crippen LogP contribution in [0, 0.1) is 5.41 Å². The molecule has 19 heavy (non-hydrogen) atoms. The van der Waals surface area contributed by atoms with Gasteiger partial charge in [0, 0.05) is 26.7 Å². The SMILES string of the molecule is CCN(CC)c1nc(Cl)nc(N(C)CC(C)(C)C)n1. The first-order valence-corrected chi connectivity index (χ1v) is 7.02. The maximum Gasteiger partial charge on any atom is 0.231 e. The minimum Gasteiger partial charge on any atom is -0.343 e. The van der Waals surface area contributed by atoms with Crippen LogP contribution in [0.5, 0.6) is 0 Å². The molecule has 0 aliphatic heterocycles. The van der Waals surface area contributed by atoms with E-state index in [1.54, 1.807) is 0 Å². The first-order chi connectivity index (χ1) is 8.76. The molecule has 0 aliphatic rings. The van der Waals surface area contributed by atoms with E-state index in [-0.39, 0.29) is 10.7 Å². The lowest BCUT2D eigenvalue weighted by atomic mass is 9.96. The van der Waals surface area contributed by atoms with Gasteiger partial charge in [-0.3, -0.25) is 0 Å². The van der Waals surface area contributed by atoms with Crippen molar-refractivity contribution in [1.82, 2.24) is 15.0 Å². The number of rotatable bonds is 5. The molecule has 1 heterocycles. The molecule has 0 aromatic carbocycles. The van der Waals surface area contributed by atoms with E-state index in [2.05, 4.69) is 54.5 Å². The number of hydrogen-bond acceptors (Lipinski definition) is 5. The van der Waals surface area contributed by atoms with Crippen molar-refractivity contribution >= 4 is 23.5 Å². The molecule has 5 nitrogen and oxygen atoms in total. The number of nitrogens with zero attached hydrogens (tertiary/aromatic N) is 5. The lowest BCUT2D eigenvalue weighted by molar-refractivity contribution is 0.416. The topological polar surface area (TPSA) is 45.2 Å². The molecule has 0 radical (unpaired) electrons.